The van der Waals surface area contributed by atoms with Crippen LogP contribution in [0.1, 0.15) is 23.0 Å². The number of halogens is 3. The molecule has 3 rings (SSSR count). The number of alkyl halides is 3. The lowest BCUT2D eigenvalue weighted by Crippen LogP contribution is -2.38. The van der Waals surface area contributed by atoms with Gasteiger partial charge in [-0.1, -0.05) is 18.2 Å². The SMILES string of the molecule is COc1ccc(C(NC(=O)NCc2ccc(OCC(F)(F)F)nc2)c2nccn2C)cc1. The van der Waals surface area contributed by atoms with E-state index >= 15 is 0 Å². The van der Waals surface area contributed by atoms with Gasteiger partial charge in [-0.25, -0.2) is 14.8 Å². The molecule has 2 heterocycles. The Morgan fingerprint density at radius 1 is 1.16 bits per heavy atom. The van der Waals surface area contributed by atoms with Gasteiger partial charge in [0.2, 0.25) is 5.88 Å². The van der Waals surface area contributed by atoms with Crippen LogP contribution in [0.15, 0.2) is 55.0 Å². The quantitative estimate of drug-likeness (QED) is 0.551. The Morgan fingerprint density at radius 3 is 2.47 bits per heavy atom. The number of pyridine rings is 1. The van der Waals surface area contributed by atoms with Crippen molar-refractivity contribution in [2.75, 3.05) is 13.7 Å². The van der Waals surface area contributed by atoms with Gasteiger partial charge in [0.15, 0.2) is 6.61 Å². The lowest BCUT2D eigenvalue weighted by Gasteiger charge is -2.20. The van der Waals surface area contributed by atoms with Gasteiger partial charge >= 0.3 is 12.2 Å². The Hall–Kier alpha value is -3.76. The number of imidazole rings is 1. The predicted octanol–water partition coefficient (Wildman–Crippen LogP) is 3.35. The van der Waals surface area contributed by atoms with Crippen LogP contribution in [0.4, 0.5) is 18.0 Å². The molecule has 0 bridgehead atoms. The first-order valence-corrected chi connectivity index (χ1v) is 9.55. The van der Waals surface area contributed by atoms with Crippen LogP contribution >= 0.6 is 0 Å². The fourth-order valence-electron chi connectivity index (χ4n) is 2.87. The van der Waals surface area contributed by atoms with Crippen molar-refractivity contribution >= 4 is 6.03 Å². The fourth-order valence-corrected chi connectivity index (χ4v) is 2.87. The van der Waals surface area contributed by atoms with Crippen molar-refractivity contribution in [1.29, 1.82) is 0 Å². The first-order chi connectivity index (χ1) is 15.2. The summed E-state index contributed by atoms with van der Waals surface area (Å²) < 4.78 is 48.2. The molecule has 0 aliphatic heterocycles. The predicted molar refractivity (Wildman–Crippen MR) is 109 cm³/mol. The van der Waals surface area contributed by atoms with Gasteiger partial charge in [0.05, 0.1) is 7.11 Å². The smallest absolute Gasteiger partial charge is 0.422 e. The van der Waals surface area contributed by atoms with Crippen LogP contribution in [-0.2, 0) is 13.6 Å². The average Bonchev–Trinajstić information content (AvgIpc) is 3.20. The molecule has 0 aliphatic rings. The van der Waals surface area contributed by atoms with E-state index in [1.807, 2.05) is 19.2 Å². The summed E-state index contributed by atoms with van der Waals surface area (Å²) in [4.78, 5) is 20.7. The largest absolute Gasteiger partial charge is 0.497 e. The van der Waals surface area contributed by atoms with E-state index in [-0.39, 0.29) is 12.4 Å². The molecule has 1 unspecified atom stereocenters. The molecular formula is C21H22F3N5O3. The number of urea groups is 1. The monoisotopic (exact) mass is 449 g/mol. The molecule has 11 heteroatoms. The number of amides is 2. The molecule has 2 amide bonds. The minimum atomic E-state index is -4.44. The normalized spacial score (nSPS) is 12.2. The number of methoxy groups -OCH3 is 1. The fraction of sp³-hybridized carbons (Fsp3) is 0.286. The summed E-state index contributed by atoms with van der Waals surface area (Å²) in [5, 5.41) is 5.59. The van der Waals surface area contributed by atoms with Crippen LogP contribution in [0, 0.1) is 0 Å². The zero-order chi connectivity index (χ0) is 23.1. The summed E-state index contributed by atoms with van der Waals surface area (Å²) in [5.74, 6) is 1.18. The third-order valence-electron chi connectivity index (χ3n) is 4.48. The first kappa shape index (κ1) is 22.9. The number of carbonyl (C=O) groups excluding carboxylic acids is 1. The van der Waals surface area contributed by atoms with Crippen LogP contribution in [0.2, 0.25) is 0 Å². The standard InChI is InChI=1S/C21H22F3N5O3/c1-29-10-9-25-19(29)18(15-4-6-16(31-2)7-5-15)28-20(30)27-12-14-3-8-17(26-11-14)32-13-21(22,23)24/h3-11,18H,12-13H2,1-2H3,(H2,27,28,30). The molecule has 8 nitrogen and oxygen atoms in total. The molecule has 32 heavy (non-hydrogen) atoms. The number of aromatic nitrogens is 3. The Kier molecular flexibility index (Phi) is 7.18. The van der Waals surface area contributed by atoms with Crippen molar-refractivity contribution in [2.24, 2.45) is 7.05 Å². The first-order valence-electron chi connectivity index (χ1n) is 9.55. The highest BCUT2D eigenvalue weighted by Gasteiger charge is 2.28. The van der Waals surface area contributed by atoms with Crippen molar-refractivity contribution in [1.82, 2.24) is 25.2 Å². The molecule has 3 aromatic rings. The summed E-state index contributed by atoms with van der Waals surface area (Å²) in [6.07, 6.45) is 0.318. The van der Waals surface area contributed by atoms with Crippen LogP contribution in [0.25, 0.3) is 0 Å². The van der Waals surface area contributed by atoms with E-state index in [1.54, 1.807) is 36.2 Å². The van der Waals surface area contributed by atoms with E-state index in [0.29, 0.717) is 17.1 Å². The molecule has 0 spiro atoms. The lowest BCUT2D eigenvalue weighted by atomic mass is 10.1. The number of carbonyl (C=O) groups is 1. The van der Waals surface area contributed by atoms with E-state index in [9.17, 15) is 18.0 Å². The minimum Gasteiger partial charge on any atom is -0.497 e. The third-order valence-corrected chi connectivity index (χ3v) is 4.48. The molecule has 0 radical (unpaired) electrons. The van der Waals surface area contributed by atoms with Crippen molar-refractivity contribution < 1.29 is 27.4 Å². The van der Waals surface area contributed by atoms with E-state index in [1.165, 1.54) is 18.3 Å². The van der Waals surface area contributed by atoms with Gasteiger partial charge < -0.3 is 24.7 Å². The minimum absolute atomic E-state index is 0.119. The van der Waals surface area contributed by atoms with Crippen LogP contribution in [0.3, 0.4) is 0 Å². The van der Waals surface area contributed by atoms with Gasteiger partial charge in [0.25, 0.3) is 0 Å². The Morgan fingerprint density at radius 2 is 1.91 bits per heavy atom. The van der Waals surface area contributed by atoms with Gasteiger partial charge in [-0.05, 0) is 23.3 Å². The van der Waals surface area contributed by atoms with Crippen LogP contribution in [-0.4, -0.2) is 40.5 Å². The number of aryl methyl sites for hydroxylation is 1. The van der Waals surface area contributed by atoms with Gasteiger partial charge in [-0.3, -0.25) is 0 Å². The second-order valence-corrected chi connectivity index (χ2v) is 6.84. The highest BCUT2D eigenvalue weighted by Crippen LogP contribution is 2.23. The lowest BCUT2D eigenvalue weighted by molar-refractivity contribution is -0.154. The molecule has 2 N–H and O–H groups in total. The molecule has 1 aromatic carbocycles. The van der Waals surface area contributed by atoms with Crippen molar-refractivity contribution in [2.45, 2.75) is 18.8 Å². The van der Waals surface area contributed by atoms with Gasteiger partial charge in [-0.15, -0.1) is 0 Å². The van der Waals surface area contributed by atoms with E-state index in [4.69, 9.17) is 4.74 Å². The van der Waals surface area contributed by atoms with E-state index < -0.39 is 24.9 Å². The van der Waals surface area contributed by atoms with Gasteiger partial charge in [0, 0.05) is 38.2 Å². The summed E-state index contributed by atoms with van der Waals surface area (Å²) in [7, 11) is 3.40. The average molecular weight is 449 g/mol. The molecule has 1 atom stereocenters. The van der Waals surface area contributed by atoms with Crippen molar-refractivity contribution in [3.8, 4) is 11.6 Å². The van der Waals surface area contributed by atoms with Gasteiger partial charge in [-0.2, -0.15) is 13.2 Å². The van der Waals surface area contributed by atoms with E-state index in [0.717, 1.165) is 5.56 Å². The van der Waals surface area contributed by atoms with Crippen LogP contribution in [0.5, 0.6) is 11.6 Å². The number of ether oxygens (including phenoxy) is 2. The summed E-state index contributed by atoms with van der Waals surface area (Å²) in [6, 6.07) is 9.12. The summed E-state index contributed by atoms with van der Waals surface area (Å²) >= 11 is 0. The Labute approximate surface area is 182 Å². The molecule has 2 aromatic heterocycles. The zero-order valence-corrected chi connectivity index (χ0v) is 17.4. The van der Waals surface area contributed by atoms with Crippen molar-refractivity contribution in [3.63, 3.8) is 0 Å². The third kappa shape index (κ3) is 6.37. The van der Waals surface area contributed by atoms with Gasteiger partial charge in [0.1, 0.15) is 17.6 Å². The molecule has 0 saturated heterocycles. The second kappa shape index (κ2) is 10.0. The summed E-state index contributed by atoms with van der Waals surface area (Å²) in [6.45, 7) is -1.30. The number of hydrogen-bond acceptors (Lipinski definition) is 5. The highest BCUT2D eigenvalue weighted by molar-refractivity contribution is 5.74. The highest BCUT2D eigenvalue weighted by atomic mass is 19.4. The number of rotatable bonds is 8. The second-order valence-electron chi connectivity index (χ2n) is 6.84. The zero-order valence-electron chi connectivity index (χ0n) is 17.4. The van der Waals surface area contributed by atoms with E-state index in [2.05, 4.69) is 25.3 Å². The maximum Gasteiger partial charge on any atom is 0.422 e. The number of hydrogen-bond donors (Lipinski definition) is 2. The molecule has 0 aliphatic carbocycles. The number of benzene rings is 1. The maximum absolute atomic E-state index is 12.6. The van der Waals surface area contributed by atoms with Crippen LogP contribution < -0.4 is 20.1 Å². The molecule has 0 saturated carbocycles. The number of nitrogens with zero attached hydrogens (tertiary/aromatic N) is 3. The molecular weight excluding hydrogens is 427 g/mol. The van der Waals surface area contributed by atoms with Crippen molar-refractivity contribution in [3.05, 3.63) is 71.9 Å². The topological polar surface area (TPSA) is 90.3 Å². The number of nitrogens with one attached hydrogen (secondary N) is 2. The Bertz CT molecular complexity index is 1020. The molecule has 0 fully saturated rings. The molecule has 170 valence electrons. The maximum atomic E-state index is 12.6. The summed E-state index contributed by atoms with van der Waals surface area (Å²) in [5.41, 5.74) is 1.40. The Balaban J connectivity index is 1.62.